The second-order valence-corrected chi connectivity index (χ2v) is 6.15. The van der Waals surface area contributed by atoms with Crippen molar-refractivity contribution >= 4 is 5.91 Å². The minimum atomic E-state index is -0.383. The van der Waals surface area contributed by atoms with Crippen LogP contribution in [0.5, 0.6) is 0 Å². The Kier molecular flexibility index (Phi) is 5.85. The van der Waals surface area contributed by atoms with Crippen LogP contribution < -0.4 is 0 Å². The molecule has 0 bridgehead atoms. The largest absolute Gasteiger partial charge is 0.333 e. The molecule has 1 atom stereocenters. The van der Waals surface area contributed by atoms with Crippen LogP contribution in [0.25, 0.3) is 0 Å². The Bertz CT molecular complexity index is 643. The van der Waals surface area contributed by atoms with Crippen molar-refractivity contribution in [3.63, 3.8) is 0 Å². The van der Waals surface area contributed by atoms with Gasteiger partial charge >= 0.3 is 0 Å². The fraction of sp³-hybridized carbons (Fsp3) is 0.368. The van der Waals surface area contributed by atoms with E-state index in [0.717, 1.165) is 17.7 Å². The lowest BCUT2D eigenvalue weighted by molar-refractivity contribution is -0.131. The highest BCUT2D eigenvalue weighted by Gasteiger charge is 2.24. The Labute approximate surface area is 137 Å². The predicted octanol–water partition coefficient (Wildman–Crippen LogP) is 4.20. The molecule has 4 heteroatoms. The van der Waals surface area contributed by atoms with Crippen molar-refractivity contribution in [3.8, 4) is 0 Å². The molecule has 0 saturated carbocycles. The van der Waals surface area contributed by atoms with Gasteiger partial charge in [-0.15, -0.1) is 0 Å². The van der Waals surface area contributed by atoms with Gasteiger partial charge in [0.05, 0.1) is 11.7 Å². The summed E-state index contributed by atoms with van der Waals surface area (Å²) in [7, 11) is 1.76. The monoisotopic (exact) mass is 314 g/mol. The number of hydrogen-bond acceptors (Lipinski definition) is 2. The number of carbonyl (C=O) groups is 1. The van der Waals surface area contributed by atoms with Crippen molar-refractivity contribution in [1.82, 2.24) is 9.88 Å². The molecule has 1 aromatic carbocycles. The first-order valence-corrected chi connectivity index (χ1v) is 7.91. The van der Waals surface area contributed by atoms with E-state index in [9.17, 15) is 9.18 Å². The van der Waals surface area contributed by atoms with E-state index in [2.05, 4.69) is 18.8 Å². The molecule has 1 aromatic heterocycles. The molecule has 0 aliphatic rings. The van der Waals surface area contributed by atoms with E-state index in [1.807, 2.05) is 24.3 Å². The maximum Gasteiger partial charge on any atom is 0.223 e. The van der Waals surface area contributed by atoms with Gasteiger partial charge in [-0.2, -0.15) is 0 Å². The maximum absolute atomic E-state index is 13.6. The standard InChI is InChI=1S/C19H23FN2O/c1-14(2)10-11-18(23)22(3)19(17-9-4-5-12-21-17)15-7-6-8-16(20)13-15/h4-9,12-14,19H,10-11H2,1-3H3/t19-/m0/s1. The van der Waals surface area contributed by atoms with Crippen LogP contribution in [-0.2, 0) is 4.79 Å². The quantitative estimate of drug-likeness (QED) is 0.800. The van der Waals surface area contributed by atoms with Crippen molar-refractivity contribution < 1.29 is 9.18 Å². The molecule has 23 heavy (non-hydrogen) atoms. The summed E-state index contributed by atoms with van der Waals surface area (Å²) in [5, 5.41) is 0. The molecule has 3 nitrogen and oxygen atoms in total. The molecule has 1 heterocycles. The minimum Gasteiger partial charge on any atom is -0.333 e. The lowest BCUT2D eigenvalue weighted by Crippen LogP contribution is -2.32. The van der Waals surface area contributed by atoms with Gasteiger partial charge < -0.3 is 4.90 Å². The molecule has 0 aliphatic carbocycles. The van der Waals surface area contributed by atoms with Crippen LogP contribution in [0.1, 0.15) is 44.0 Å². The van der Waals surface area contributed by atoms with Crippen LogP contribution in [0.2, 0.25) is 0 Å². The van der Waals surface area contributed by atoms with Gasteiger partial charge in [-0.1, -0.05) is 32.0 Å². The van der Waals surface area contributed by atoms with Crippen LogP contribution in [0, 0.1) is 11.7 Å². The molecule has 2 rings (SSSR count). The molecular formula is C19H23FN2O. The van der Waals surface area contributed by atoms with Gasteiger partial charge in [0.15, 0.2) is 0 Å². The van der Waals surface area contributed by atoms with Gasteiger partial charge in [-0.05, 0) is 42.2 Å². The molecule has 1 amide bonds. The normalized spacial score (nSPS) is 12.2. The summed E-state index contributed by atoms with van der Waals surface area (Å²) in [5.41, 5.74) is 1.46. The SMILES string of the molecule is CC(C)CCC(=O)N(C)[C@@H](c1cccc(F)c1)c1ccccn1. The number of aromatic nitrogens is 1. The highest BCUT2D eigenvalue weighted by atomic mass is 19.1. The Hall–Kier alpha value is -2.23. The van der Waals surface area contributed by atoms with Gasteiger partial charge in [-0.25, -0.2) is 4.39 Å². The Balaban J connectivity index is 2.32. The molecule has 0 saturated heterocycles. The van der Waals surface area contributed by atoms with E-state index < -0.39 is 0 Å². The average molecular weight is 314 g/mol. The van der Waals surface area contributed by atoms with Crippen LogP contribution in [0.15, 0.2) is 48.7 Å². The van der Waals surface area contributed by atoms with Gasteiger partial charge in [0.1, 0.15) is 5.82 Å². The number of halogens is 1. The van der Waals surface area contributed by atoms with Crippen LogP contribution >= 0.6 is 0 Å². The van der Waals surface area contributed by atoms with Gasteiger partial charge in [0.25, 0.3) is 0 Å². The third-order valence-electron chi connectivity index (χ3n) is 3.85. The third-order valence-corrected chi connectivity index (χ3v) is 3.85. The summed E-state index contributed by atoms with van der Waals surface area (Å²) in [4.78, 5) is 18.6. The lowest BCUT2D eigenvalue weighted by atomic mass is 10.00. The second-order valence-electron chi connectivity index (χ2n) is 6.15. The van der Waals surface area contributed by atoms with Crippen LogP contribution in [0.3, 0.4) is 0 Å². The zero-order chi connectivity index (χ0) is 16.8. The zero-order valence-corrected chi connectivity index (χ0v) is 13.9. The Morgan fingerprint density at radius 1 is 1.22 bits per heavy atom. The van der Waals surface area contributed by atoms with Gasteiger partial charge in [-0.3, -0.25) is 9.78 Å². The van der Waals surface area contributed by atoms with E-state index in [0.29, 0.717) is 12.3 Å². The predicted molar refractivity (Wildman–Crippen MR) is 89.3 cm³/mol. The van der Waals surface area contributed by atoms with Crippen molar-refractivity contribution in [1.29, 1.82) is 0 Å². The summed E-state index contributed by atoms with van der Waals surface area (Å²) < 4.78 is 13.6. The van der Waals surface area contributed by atoms with Crippen LogP contribution in [-0.4, -0.2) is 22.8 Å². The Morgan fingerprint density at radius 3 is 2.61 bits per heavy atom. The van der Waals surface area contributed by atoms with Gasteiger partial charge in [0, 0.05) is 19.7 Å². The number of nitrogens with zero attached hydrogens (tertiary/aromatic N) is 2. The lowest BCUT2D eigenvalue weighted by Gasteiger charge is -2.28. The van der Waals surface area contributed by atoms with Crippen molar-refractivity contribution in [2.24, 2.45) is 5.92 Å². The number of hydrogen-bond donors (Lipinski definition) is 0. The average Bonchev–Trinajstić information content (AvgIpc) is 2.54. The first kappa shape index (κ1) is 17.1. The summed E-state index contributed by atoms with van der Waals surface area (Å²) in [6, 6.07) is 11.5. The molecule has 0 unspecified atom stereocenters. The number of amides is 1. The summed E-state index contributed by atoms with van der Waals surface area (Å²) in [6.07, 6.45) is 3.00. The van der Waals surface area contributed by atoms with Gasteiger partial charge in [0.2, 0.25) is 5.91 Å². The van der Waals surface area contributed by atoms with E-state index in [-0.39, 0.29) is 17.8 Å². The fourth-order valence-electron chi connectivity index (χ4n) is 2.54. The topological polar surface area (TPSA) is 33.2 Å². The van der Waals surface area contributed by atoms with Crippen molar-refractivity contribution in [2.75, 3.05) is 7.05 Å². The smallest absolute Gasteiger partial charge is 0.223 e. The highest BCUT2D eigenvalue weighted by Crippen LogP contribution is 2.27. The molecule has 0 radical (unpaired) electrons. The van der Waals surface area contributed by atoms with E-state index >= 15 is 0 Å². The summed E-state index contributed by atoms with van der Waals surface area (Å²) in [6.45, 7) is 4.19. The minimum absolute atomic E-state index is 0.0404. The Morgan fingerprint density at radius 2 is 2.00 bits per heavy atom. The molecule has 0 N–H and O–H groups in total. The van der Waals surface area contributed by atoms with E-state index in [4.69, 9.17) is 0 Å². The van der Waals surface area contributed by atoms with E-state index in [1.165, 1.54) is 12.1 Å². The first-order valence-electron chi connectivity index (χ1n) is 7.91. The third kappa shape index (κ3) is 4.62. The van der Waals surface area contributed by atoms with E-state index in [1.54, 1.807) is 24.2 Å². The molecule has 0 aliphatic heterocycles. The number of pyridine rings is 1. The number of benzene rings is 1. The zero-order valence-electron chi connectivity index (χ0n) is 13.9. The second kappa shape index (κ2) is 7.86. The molecule has 0 spiro atoms. The van der Waals surface area contributed by atoms with Crippen molar-refractivity contribution in [2.45, 2.75) is 32.7 Å². The molecule has 122 valence electrons. The van der Waals surface area contributed by atoms with Crippen LogP contribution in [0.4, 0.5) is 4.39 Å². The highest BCUT2D eigenvalue weighted by molar-refractivity contribution is 5.76. The molecule has 2 aromatic rings. The first-order chi connectivity index (χ1) is 11.0. The molecular weight excluding hydrogens is 291 g/mol. The fourth-order valence-corrected chi connectivity index (χ4v) is 2.54. The van der Waals surface area contributed by atoms with Crippen molar-refractivity contribution in [3.05, 3.63) is 65.7 Å². The summed E-state index contributed by atoms with van der Waals surface area (Å²) >= 11 is 0. The maximum atomic E-state index is 13.6. The summed E-state index contributed by atoms with van der Waals surface area (Å²) in [5.74, 6) is 0.194. The molecule has 0 fully saturated rings. The number of rotatable bonds is 6. The number of carbonyl (C=O) groups excluding carboxylic acids is 1.